The summed E-state index contributed by atoms with van der Waals surface area (Å²) in [6.07, 6.45) is 6.13. The lowest BCUT2D eigenvalue weighted by Crippen LogP contribution is -2.06. The molecule has 0 N–H and O–H groups in total. The van der Waals surface area contributed by atoms with Crippen LogP contribution in [0, 0.1) is 18.3 Å². The van der Waals surface area contributed by atoms with Gasteiger partial charge in [0.1, 0.15) is 11.8 Å². The van der Waals surface area contributed by atoms with Crippen LogP contribution in [0.4, 0.5) is 0 Å². The van der Waals surface area contributed by atoms with Crippen molar-refractivity contribution < 1.29 is 6.16 Å². The molecule has 0 saturated heterocycles. The monoisotopic (exact) mass is 376 g/mol. The van der Waals surface area contributed by atoms with Crippen LogP contribution in [0.5, 0.6) is 5.75 Å². The van der Waals surface area contributed by atoms with Gasteiger partial charge in [-0.25, -0.2) is 0 Å². The average Bonchev–Trinajstić information content (AvgIpc) is 3.34. The van der Waals surface area contributed by atoms with Crippen LogP contribution in [0.3, 0.4) is 0 Å². The van der Waals surface area contributed by atoms with E-state index in [2.05, 4.69) is 61.7 Å². The number of ether oxygens (including phenoxy) is 1. The minimum Gasteiger partial charge on any atom is -0.497 e. The van der Waals surface area contributed by atoms with Crippen molar-refractivity contribution in [2.75, 3.05) is 7.11 Å². The molecule has 1 aromatic heterocycles. The predicted molar refractivity (Wildman–Crippen MR) is 119 cm³/mol. The van der Waals surface area contributed by atoms with E-state index in [1.807, 2.05) is 12.1 Å². The van der Waals surface area contributed by atoms with Gasteiger partial charge in [0.2, 0.25) is 0 Å². The Balaban J connectivity index is 0.000000708. The standard InChI is InChI=1S/C22H22N2O.C3H8.H2/c1-15-7-9-16(10-8-15)22-20(14-23)19-13-18(25-2)11-12-21(19)24(22)17-5-3-4-6-17;1-3-2;/h7-13,17H,3-6H2,1-2H3;3H2,1-2H3;1H. The number of fused-ring (bicyclic) bond motifs is 1. The second-order valence-electron chi connectivity index (χ2n) is 7.60. The van der Waals surface area contributed by atoms with E-state index in [9.17, 15) is 5.26 Å². The van der Waals surface area contributed by atoms with Gasteiger partial charge >= 0.3 is 0 Å². The minimum atomic E-state index is 0. The van der Waals surface area contributed by atoms with Crippen LogP contribution in [0.1, 0.15) is 64.5 Å². The van der Waals surface area contributed by atoms with Crippen molar-refractivity contribution in [2.45, 2.75) is 58.9 Å². The van der Waals surface area contributed by atoms with E-state index in [4.69, 9.17) is 4.74 Å². The van der Waals surface area contributed by atoms with Crippen LogP contribution in [0.25, 0.3) is 22.2 Å². The van der Waals surface area contributed by atoms with E-state index in [1.54, 1.807) is 7.11 Å². The second kappa shape index (κ2) is 8.97. The molecule has 3 heteroatoms. The van der Waals surface area contributed by atoms with E-state index in [-0.39, 0.29) is 1.43 Å². The summed E-state index contributed by atoms with van der Waals surface area (Å²) in [6, 6.07) is 17.5. The van der Waals surface area contributed by atoms with E-state index in [0.29, 0.717) is 6.04 Å². The first-order chi connectivity index (χ1) is 13.6. The first-order valence-electron chi connectivity index (χ1n) is 10.3. The van der Waals surface area contributed by atoms with Crippen LogP contribution in [0.2, 0.25) is 0 Å². The van der Waals surface area contributed by atoms with Crippen LogP contribution >= 0.6 is 0 Å². The van der Waals surface area contributed by atoms with Crippen molar-refractivity contribution in [2.24, 2.45) is 0 Å². The van der Waals surface area contributed by atoms with Gasteiger partial charge in [-0.3, -0.25) is 0 Å². The molecule has 4 rings (SSSR count). The molecular weight excluding hydrogens is 344 g/mol. The summed E-state index contributed by atoms with van der Waals surface area (Å²) in [5, 5.41) is 10.9. The Morgan fingerprint density at radius 3 is 2.32 bits per heavy atom. The summed E-state index contributed by atoms with van der Waals surface area (Å²) >= 11 is 0. The average molecular weight is 377 g/mol. The molecule has 1 saturated carbocycles. The van der Waals surface area contributed by atoms with Crippen molar-refractivity contribution in [3.8, 4) is 23.1 Å². The van der Waals surface area contributed by atoms with Crippen molar-refractivity contribution >= 4 is 10.9 Å². The van der Waals surface area contributed by atoms with Crippen LogP contribution in [0.15, 0.2) is 42.5 Å². The number of hydrogen-bond acceptors (Lipinski definition) is 2. The molecule has 0 radical (unpaired) electrons. The number of nitrogens with zero attached hydrogens (tertiary/aromatic N) is 2. The van der Waals surface area contributed by atoms with Crippen LogP contribution < -0.4 is 4.74 Å². The Morgan fingerprint density at radius 1 is 1.11 bits per heavy atom. The maximum atomic E-state index is 9.95. The van der Waals surface area contributed by atoms with Gasteiger partial charge in [0.15, 0.2) is 0 Å². The molecular formula is C25H32N2O. The summed E-state index contributed by atoms with van der Waals surface area (Å²) in [6.45, 7) is 6.34. The quantitative estimate of drug-likeness (QED) is 0.482. The maximum absolute atomic E-state index is 9.95. The molecule has 2 aromatic carbocycles. The number of rotatable bonds is 3. The summed E-state index contributed by atoms with van der Waals surface area (Å²) in [4.78, 5) is 0. The fraction of sp³-hybridized carbons (Fsp3) is 0.400. The largest absolute Gasteiger partial charge is 0.497 e. The lowest BCUT2D eigenvalue weighted by molar-refractivity contribution is 0.415. The van der Waals surface area contributed by atoms with Crippen LogP contribution in [-0.2, 0) is 0 Å². The molecule has 0 aliphatic heterocycles. The highest BCUT2D eigenvalue weighted by molar-refractivity contribution is 5.95. The number of hydrogen-bond donors (Lipinski definition) is 0. The lowest BCUT2D eigenvalue weighted by Gasteiger charge is -2.18. The number of aromatic nitrogens is 1. The third-order valence-corrected chi connectivity index (χ3v) is 5.34. The minimum absolute atomic E-state index is 0. The molecule has 0 unspecified atom stereocenters. The van der Waals surface area contributed by atoms with Crippen LogP contribution in [-0.4, -0.2) is 11.7 Å². The van der Waals surface area contributed by atoms with Gasteiger partial charge in [-0.05, 0) is 43.5 Å². The molecule has 148 valence electrons. The maximum Gasteiger partial charge on any atom is 0.119 e. The summed E-state index contributed by atoms with van der Waals surface area (Å²) in [7, 11) is 1.67. The summed E-state index contributed by atoms with van der Waals surface area (Å²) < 4.78 is 7.81. The normalized spacial score (nSPS) is 13.8. The number of nitriles is 1. The SMILES string of the molecule is CCC.COc1ccc2c(c1)c(C#N)c(-c1ccc(C)cc1)n2C1CCCC1.[HH]. The summed E-state index contributed by atoms with van der Waals surface area (Å²) in [5.41, 5.74) is 5.29. The molecule has 3 aromatic rings. The smallest absolute Gasteiger partial charge is 0.119 e. The fourth-order valence-electron chi connectivity index (χ4n) is 4.07. The Morgan fingerprint density at radius 2 is 1.75 bits per heavy atom. The molecule has 0 spiro atoms. The molecule has 0 atom stereocenters. The lowest BCUT2D eigenvalue weighted by atomic mass is 10.0. The highest BCUT2D eigenvalue weighted by Crippen LogP contribution is 2.42. The third kappa shape index (κ3) is 3.78. The molecule has 1 heterocycles. The first-order valence-corrected chi connectivity index (χ1v) is 10.3. The highest BCUT2D eigenvalue weighted by atomic mass is 16.5. The number of benzene rings is 2. The molecule has 28 heavy (non-hydrogen) atoms. The zero-order valence-corrected chi connectivity index (χ0v) is 17.5. The fourth-order valence-corrected chi connectivity index (χ4v) is 4.07. The van der Waals surface area contributed by atoms with Crippen molar-refractivity contribution in [1.82, 2.24) is 4.57 Å². The third-order valence-electron chi connectivity index (χ3n) is 5.34. The van der Waals surface area contributed by atoms with Gasteiger partial charge in [-0.1, -0.05) is 62.9 Å². The molecule has 3 nitrogen and oxygen atoms in total. The zero-order valence-electron chi connectivity index (χ0n) is 17.5. The Hall–Kier alpha value is -2.73. The number of methoxy groups -OCH3 is 1. The van der Waals surface area contributed by atoms with Gasteiger partial charge in [-0.15, -0.1) is 0 Å². The molecule has 0 bridgehead atoms. The molecule has 1 aliphatic rings. The molecule has 1 aliphatic carbocycles. The van der Waals surface area contributed by atoms with Crippen molar-refractivity contribution in [3.05, 3.63) is 53.6 Å². The van der Waals surface area contributed by atoms with Gasteiger partial charge in [0, 0.05) is 12.9 Å². The van der Waals surface area contributed by atoms with Gasteiger partial charge in [-0.2, -0.15) is 5.26 Å². The van der Waals surface area contributed by atoms with E-state index >= 15 is 0 Å². The van der Waals surface area contributed by atoms with E-state index in [0.717, 1.165) is 33.5 Å². The Kier molecular flexibility index (Phi) is 6.41. The Labute approximate surface area is 170 Å². The zero-order chi connectivity index (χ0) is 20.1. The predicted octanol–water partition coefficient (Wildman–Crippen LogP) is 7.27. The molecule has 1 fully saturated rings. The topological polar surface area (TPSA) is 37.9 Å². The van der Waals surface area contributed by atoms with Gasteiger partial charge in [0.05, 0.1) is 23.9 Å². The van der Waals surface area contributed by atoms with Crippen molar-refractivity contribution in [1.29, 1.82) is 5.26 Å². The van der Waals surface area contributed by atoms with E-state index in [1.165, 1.54) is 37.7 Å². The van der Waals surface area contributed by atoms with Gasteiger partial charge in [0.25, 0.3) is 0 Å². The number of aryl methyl sites for hydroxylation is 1. The molecule has 0 amide bonds. The van der Waals surface area contributed by atoms with E-state index < -0.39 is 0 Å². The Bertz CT molecular complexity index is 977. The summed E-state index contributed by atoms with van der Waals surface area (Å²) in [5.74, 6) is 0.794. The second-order valence-corrected chi connectivity index (χ2v) is 7.60. The highest BCUT2D eigenvalue weighted by Gasteiger charge is 2.26. The first kappa shape index (κ1) is 20.0. The van der Waals surface area contributed by atoms with Gasteiger partial charge < -0.3 is 9.30 Å². The van der Waals surface area contributed by atoms with Crippen molar-refractivity contribution in [3.63, 3.8) is 0 Å².